The molecule has 10 atom stereocenters. The predicted octanol–water partition coefficient (Wildman–Crippen LogP) is 5.01. The highest BCUT2D eigenvalue weighted by Gasteiger charge is 2.77. The van der Waals surface area contributed by atoms with Crippen molar-refractivity contribution in [2.24, 2.45) is 51.8 Å². The zero-order valence-electron chi connectivity index (χ0n) is 16.8. The Balaban J connectivity index is 1.46. The summed E-state index contributed by atoms with van der Waals surface area (Å²) in [6.07, 6.45) is 11.1. The van der Waals surface area contributed by atoms with E-state index in [2.05, 4.69) is 27.4 Å². The number of carbonyl (C=O) groups is 1. The highest BCUT2D eigenvalue weighted by molar-refractivity contribution is 5.91. The Bertz CT molecular complexity index is 655. The van der Waals surface area contributed by atoms with E-state index < -0.39 is 6.10 Å². The van der Waals surface area contributed by atoms with Gasteiger partial charge in [-0.1, -0.05) is 26.8 Å². The van der Waals surface area contributed by atoms with Gasteiger partial charge in [0.2, 0.25) is 0 Å². The summed E-state index contributed by atoms with van der Waals surface area (Å²) in [6.45, 7) is 11.0. The summed E-state index contributed by atoms with van der Waals surface area (Å²) in [5.41, 5.74) is 0.697. The molecule has 5 saturated carbocycles. The van der Waals surface area contributed by atoms with Crippen LogP contribution in [0.25, 0.3) is 0 Å². The van der Waals surface area contributed by atoms with Gasteiger partial charge < -0.3 is 5.11 Å². The molecule has 5 rings (SSSR count). The summed E-state index contributed by atoms with van der Waals surface area (Å²) in [6, 6.07) is 0. The van der Waals surface area contributed by atoms with E-state index in [4.69, 9.17) is 0 Å². The van der Waals surface area contributed by atoms with Crippen molar-refractivity contribution in [1.29, 1.82) is 0 Å². The van der Waals surface area contributed by atoms with Crippen LogP contribution in [-0.2, 0) is 4.79 Å². The third kappa shape index (κ3) is 1.81. The van der Waals surface area contributed by atoms with Crippen LogP contribution in [0.5, 0.6) is 0 Å². The number of hydrogen-bond acceptors (Lipinski definition) is 2. The van der Waals surface area contributed by atoms with Crippen LogP contribution in [0.3, 0.4) is 0 Å². The molecule has 0 aromatic rings. The molecule has 0 heterocycles. The Kier molecular flexibility index (Phi) is 3.52. The lowest BCUT2D eigenvalue weighted by molar-refractivity contribution is -0.152. The number of aliphatic hydroxyl groups is 1. The van der Waals surface area contributed by atoms with Gasteiger partial charge in [-0.25, -0.2) is 0 Å². The molecule has 5 aliphatic rings. The van der Waals surface area contributed by atoms with Gasteiger partial charge in [-0.05, 0) is 91.3 Å². The van der Waals surface area contributed by atoms with Crippen molar-refractivity contribution in [3.05, 3.63) is 12.7 Å². The lowest BCUT2D eigenvalue weighted by atomic mass is 9.45. The maximum absolute atomic E-state index is 13.3. The molecule has 26 heavy (non-hydrogen) atoms. The molecule has 0 amide bonds. The molecular formula is C24H36O2. The minimum absolute atomic E-state index is 0.103. The van der Waals surface area contributed by atoms with Crippen LogP contribution in [0.2, 0.25) is 0 Å². The molecule has 1 N–H and O–H groups in total. The number of carbonyl (C=O) groups excluding carboxylic acids is 1. The van der Waals surface area contributed by atoms with Crippen molar-refractivity contribution < 1.29 is 9.90 Å². The average molecular weight is 357 g/mol. The summed E-state index contributed by atoms with van der Waals surface area (Å²) >= 11 is 0. The topological polar surface area (TPSA) is 37.3 Å². The van der Waals surface area contributed by atoms with Crippen molar-refractivity contribution in [2.45, 2.75) is 78.2 Å². The van der Waals surface area contributed by atoms with Gasteiger partial charge in [0.25, 0.3) is 0 Å². The Hall–Kier alpha value is -0.630. The Morgan fingerprint density at radius 1 is 1.15 bits per heavy atom. The second kappa shape index (κ2) is 5.25. The molecule has 0 bridgehead atoms. The van der Waals surface area contributed by atoms with Gasteiger partial charge in [0.05, 0.1) is 6.10 Å². The van der Waals surface area contributed by atoms with E-state index in [9.17, 15) is 9.90 Å². The van der Waals surface area contributed by atoms with Crippen molar-refractivity contribution >= 4 is 5.78 Å². The Morgan fingerprint density at radius 2 is 1.92 bits per heavy atom. The van der Waals surface area contributed by atoms with Crippen molar-refractivity contribution in [3.8, 4) is 0 Å². The molecule has 2 heteroatoms. The van der Waals surface area contributed by atoms with Crippen LogP contribution in [0.1, 0.15) is 72.1 Å². The number of Topliss-reactive ketones (excluding diaryl/α,β-unsaturated/α-hetero) is 1. The zero-order chi connectivity index (χ0) is 18.5. The van der Waals surface area contributed by atoms with Gasteiger partial charge in [0.15, 0.2) is 0 Å². The van der Waals surface area contributed by atoms with Crippen LogP contribution in [0, 0.1) is 51.8 Å². The first-order valence-corrected chi connectivity index (χ1v) is 11.1. The fraction of sp³-hybridized carbons (Fsp3) is 0.875. The van der Waals surface area contributed by atoms with Gasteiger partial charge in [-0.2, -0.15) is 0 Å². The molecule has 2 nitrogen and oxygen atoms in total. The molecule has 0 aromatic carbocycles. The molecule has 0 radical (unpaired) electrons. The zero-order valence-corrected chi connectivity index (χ0v) is 16.8. The Morgan fingerprint density at radius 3 is 2.62 bits per heavy atom. The Labute approximate surface area is 158 Å². The summed E-state index contributed by atoms with van der Waals surface area (Å²) in [7, 11) is 0. The number of fused-ring (bicyclic) bond motifs is 4. The van der Waals surface area contributed by atoms with Crippen LogP contribution in [-0.4, -0.2) is 17.0 Å². The van der Waals surface area contributed by atoms with Crippen molar-refractivity contribution in [1.82, 2.24) is 0 Å². The molecule has 5 fully saturated rings. The van der Waals surface area contributed by atoms with E-state index in [0.717, 1.165) is 18.3 Å². The van der Waals surface area contributed by atoms with Crippen LogP contribution in [0.15, 0.2) is 12.7 Å². The molecular weight excluding hydrogens is 320 g/mol. The van der Waals surface area contributed by atoms with E-state index in [1.54, 1.807) is 6.08 Å². The number of aliphatic hydroxyl groups excluding tert-OH is 1. The molecule has 144 valence electrons. The van der Waals surface area contributed by atoms with Crippen molar-refractivity contribution in [3.63, 3.8) is 0 Å². The molecule has 0 unspecified atom stereocenters. The first kappa shape index (κ1) is 17.5. The quantitative estimate of drug-likeness (QED) is 0.722. The van der Waals surface area contributed by atoms with E-state index in [0.29, 0.717) is 34.4 Å². The molecule has 0 aliphatic heterocycles. The van der Waals surface area contributed by atoms with E-state index in [-0.39, 0.29) is 11.3 Å². The number of ketones is 1. The summed E-state index contributed by atoms with van der Waals surface area (Å²) in [4.78, 5) is 13.3. The second-order valence-corrected chi connectivity index (χ2v) is 11.1. The first-order valence-electron chi connectivity index (χ1n) is 11.1. The average Bonchev–Trinajstić information content (AvgIpc) is 3.15. The van der Waals surface area contributed by atoms with E-state index >= 15 is 0 Å². The van der Waals surface area contributed by atoms with Crippen LogP contribution < -0.4 is 0 Å². The summed E-state index contributed by atoms with van der Waals surface area (Å²) in [5.74, 6) is 4.26. The van der Waals surface area contributed by atoms with Gasteiger partial charge in [0.1, 0.15) is 5.78 Å². The first-order chi connectivity index (χ1) is 12.3. The highest BCUT2D eigenvalue weighted by atomic mass is 16.3. The van der Waals surface area contributed by atoms with Gasteiger partial charge in [-0.15, -0.1) is 6.58 Å². The normalized spacial score (nSPS) is 56.8. The monoisotopic (exact) mass is 356 g/mol. The molecule has 0 aromatic heterocycles. The summed E-state index contributed by atoms with van der Waals surface area (Å²) < 4.78 is 0. The molecule has 5 aliphatic carbocycles. The largest absolute Gasteiger partial charge is 0.389 e. The third-order valence-corrected chi connectivity index (χ3v) is 10.8. The SMILES string of the molecule is C=C[C@H](O)[C@@H](C)[C@H]1CC[C@H]2[C@@H]3CC(=O)[C@]45C[C@H]4CC[C@]5(C)[C@H]3CC[C@]12C. The van der Waals surface area contributed by atoms with E-state index in [1.807, 2.05) is 0 Å². The fourth-order valence-electron chi connectivity index (χ4n) is 9.37. The maximum atomic E-state index is 13.3. The molecule has 1 spiro atoms. The van der Waals surface area contributed by atoms with Gasteiger partial charge in [0, 0.05) is 11.8 Å². The molecule has 0 saturated heterocycles. The van der Waals surface area contributed by atoms with Crippen molar-refractivity contribution in [2.75, 3.05) is 0 Å². The lowest BCUT2D eigenvalue weighted by Gasteiger charge is -2.58. The maximum Gasteiger partial charge on any atom is 0.140 e. The minimum Gasteiger partial charge on any atom is -0.389 e. The number of hydrogen-bond donors (Lipinski definition) is 1. The van der Waals surface area contributed by atoms with Crippen LogP contribution >= 0.6 is 0 Å². The number of rotatable bonds is 3. The van der Waals surface area contributed by atoms with Crippen LogP contribution in [0.4, 0.5) is 0 Å². The predicted molar refractivity (Wildman–Crippen MR) is 103 cm³/mol. The van der Waals surface area contributed by atoms with E-state index in [1.165, 1.54) is 44.9 Å². The standard InChI is InChI=1S/C24H36O2/c1-5-20(25)14(2)17-6-7-18-16-12-21(26)24-13-15(24)8-11-23(24,4)19(16)9-10-22(17,18)3/h5,14-20,25H,1,6-13H2,2-4H3/t14-,15+,16-,17+,18-,19-,20-,22+,23+,24-/m0/s1. The summed E-state index contributed by atoms with van der Waals surface area (Å²) in [5, 5.41) is 10.4. The highest BCUT2D eigenvalue weighted by Crippen LogP contribution is 2.80. The second-order valence-electron chi connectivity index (χ2n) is 11.1. The minimum atomic E-state index is -0.399. The van der Waals surface area contributed by atoms with Gasteiger partial charge in [-0.3, -0.25) is 4.79 Å². The smallest absolute Gasteiger partial charge is 0.140 e. The lowest BCUT2D eigenvalue weighted by Crippen LogP contribution is -2.55. The fourth-order valence-corrected chi connectivity index (χ4v) is 9.37. The third-order valence-electron chi connectivity index (χ3n) is 10.8. The van der Waals surface area contributed by atoms with Gasteiger partial charge >= 0.3 is 0 Å².